The number of nitrogens with zero attached hydrogens (tertiary/aromatic N) is 3. The fourth-order valence-corrected chi connectivity index (χ4v) is 3.67. The first kappa shape index (κ1) is 20.2. The first-order valence-corrected chi connectivity index (χ1v) is 9.47. The predicted molar refractivity (Wildman–Crippen MR) is 109 cm³/mol. The van der Waals surface area contributed by atoms with Gasteiger partial charge in [-0.1, -0.05) is 29.3 Å². The molecule has 0 bridgehead atoms. The highest BCUT2D eigenvalue weighted by Gasteiger charge is 2.27. The molecule has 1 fully saturated rings. The lowest BCUT2D eigenvalue weighted by Gasteiger charge is -2.36. The van der Waals surface area contributed by atoms with E-state index in [-0.39, 0.29) is 18.2 Å². The van der Waals surface area contributed by atoms with Crippen LogP contribution in [0.1, 0.15) is 5.56 Å². The van der Waals surface area contributed by atoms with Crippen LogP contribution in [0.15, 0.2) is 36.4 Å². The number of rotatable bonds is 5. The smallest absolute Gasteiger partial charge is 0.294 e. The van der Waals surface area contributed by atoms with Gasteiger partial charge in [0.25, 0.3) is 11.6 Å². The standard InChI is InChI=1S/C19H19Cl2N3O4/c1-13-11-14(20)5-6-17(13)28-12-18(25)22-7-9-23(10-8-22)19-15(21)3-2-4-16(19)24(26)27/h2-6,11H,7-10,12H2,1H3. The van der Waals surface area contributed by atoms with Crippen molar-refractivity contribution < 1.29 is 14.5 Å². The van der Waals surface area contributed by atoms with Crippen LogP contribution in [0, 0.1) is 17.0 Å². The number of halogens is 2. The maximum absolute atomic E-state index is 12.5. The Hall–Kier alpha value is -2.51. The van der Waals surface area contributed by atoms with Crippen molar-refractivity contribution in [2.75, 3.05) is 37.7 Å². The SMILES string of the molecule is Cc1cc(Cl)ccc1OCC(=O)N1CCN(c2c(Cl)cccc2[N+](=O)[O-])CC1. The largest absolute Gasteiger partial charge is 0.483 e. The summed E-state index contributed by atoms with van der Waals surface area (Å²) < 4.78 is 5.61. The molecule has 0 radical (unpaired) electrons. The molecule has 2 aromatic rings. The normalized spacial score (nSPS) is 14.1. The van der Waals surface area contributed by atoms with Gasteiger partial charge in [0.2, 0.25) is 0 Å². The maximum Gasteiger partial charge on any atom is 0.294 e. The maximum atomic E-state index is 12.5. The van der Waals surface area contributed by atoms with Crippen LogP contribution in [0.5, 0.6) is 5.75 Å². The van der Waals surface area contributed by atoms with Crippen LogP contribution >= 0.6 is 23.2 Å². The average Bonchev–Trinajstić information content (AvgIpc) is 2.67. The van der Waals surface area contributed by atoms with Crippen molar-refractivity contribution in [2.24, 2.45) is 0 Å². The third-order valence-electron chi connectivity index (χ3n) is 4.60. The van der Waals surface area contributed by atoms with Gasteiger partial charge in [0, 0.05) is 37.3 Å². The van der Waals surface area contributed by atoms with Crippen LogP contribution < -0.4 is 9.64 Å². The van der Waals surface area contributed by atoms with Gasteiger partial charge in [-0.05, 0) is 36.8 Å². The van der Waals surface area contributed by atoms with Crippen LogP contribution in [-0.2, 0) is 4.79 Å². The second kappa shape index (κ2) is 8.67. The van der Waals surface area contributed by atoms with E-state index in [1.165, 1.54) is 6.07 Å². The molecule has 0 saturated carbocycles. The zero-order valence-corrected chi connectivity index (χ0v) is 16.7. The van der Waals surface area contributed by atoms with Crippen molar-refractivity contribution in [1.82, 2.24) is 4.90 Å². The monoisotopic (exact) mass is 423 g/mol. The summed E-state index contributed by atoms with van der Waals surface area (Å²) in [6.45, 7) is 3.57. The number of hydrogen-bond acceptors (Lipinski definition) is 5. The van der Waals surface area contributed by atoms with Crippen molar-refractivity contribution in [2.45, 2.75) is 6.92 Å². The Morgan fingerprint density at radius 3 is 2.54 bits per heavy atom. The Morgan fingerprint density at radius 1 is 1.18 bits per heavy atom. The lowest BCUT2D eigenvalue weighted by Crippen LogP contribution is -2.50. The molecule has 1 amide bonds. The molecular weight excluding hydrogens is 405 g/mol. The Labute approximate surface area is 172 Å². The quantitative estimate of drug-likeness (QED) is 0.537. The summed E-state index contributed by atoms with van der Waals surface area (Å²) in [5, 5.41) is 12.2. The highest BCUT2D eigenvalue weighted by Crippen LogP contribution is 2.35. The van der Waals surface area contributed by atoms with E-state index < -0.39 is 4.92 Å². The Balaban J connectivity index is 1.60. The molecule has 7 nitrogen and oxygen atoms in total. The molecule has 148 valence electrons. The van der Waals surface area contributed by atoms with Crippen molar-refractivity contribution in [1.29, 1.82) is 0 Å². The Kier molecular flexibility index (Phi) is 6.26. The third kappa shape index (κ3) is 4.48. The van der Waals surface area contributed by atoms with Crippen molar-refractivity contribution in [3.63, 3.8) is 0 Å². The summed E-state index contributed by atoms with van der Waals surface area (Å²) in [4.78, 5) is 26.8. The van der Waals surface area contributed by atoms with Crippen LogP contribution in [0.3, 0.4) is 0 Å². The molecule has 0 spiro atoms. The molecule has 1 heterocycles. The second-order valence-corrected chi connectivity index (χ2v) is 7.27. The van der Waals surface area contributed by atoms with E-state index in [1.807, 2.05) is 11.8 Å². The average molecular weight is 424 g/mol. The minimum atomic E-state index is -0.443. The Morgan fingerprint density at radius 2 is 1.89 bits per heavy atom. The number of nitro benzene ring substituents is 1. The minimum Gasteiger partial charge on any atom is -0.483 e. The van der Waals surface area contributed by atoms with Crippen LogP contribution in [0.4, 0.5) is 11.4 Å². The molecule has 1 aliphatic rings. The van der Waals surface area contributed by atoms with Crippen LogP contribution in [-0.4, -0.2) is 48.5 Å². The fraction of sp³-hybridized carbons (Fsp3) is 0.316. The molecule has 1 saturated heterocycles. The summed E-state index contributed by atoms with van der Waals surface area (Å²) >= 11 is 12.1. The highest BCUT2D eigenvalue weighted by atomic mass is 35.5. The predicted octanol–water partition coefficient (Wildman–Crippen LogP) is 3.94. The minimum absolute atomic E-state index is 0.0335. The molecule has 0 unspecified atom stereocenters. The topological polar surface area (TPSA) is 75.9 Å². The van der Waals surface area contributed by atoms with Gasteiger partial charge in [0.1, 0.15) is 11.4 Å². The summed E-state index contributed by atoms with van der Waals surface area (Å²) in [5.74, 6) is 0.478. The van der Waals surface area contributed by atoms with Gasteiger partial charge < -0.3 is 14.5 Å². The van der Waals surface area contributed by atoms with Gasteiger partial charge in [0.05, 0.1) is 9.95 Å². The number of para-hydroxylation sites is 1. The number of hydrogen-bond donors (Lipinski definition) is 0. The summed E-state index contributed by atoms with van der Waals surface area (Å²) in [6, 6.07) is 9.84. The first-order valence-electron chi connectivity index (χ1n) is 8.71. The van der Waals surface area contributed by atoms with Gasteiger partial charge >= 0.3 is 0 Å². The van der Waals surface area contributed by atoms with Gasteiger partial charge in [0.15, 0.2) is 6.61 Å². The van der Waals surface area contributed by atoms with Crippen molar-refractivity contribution in [3.05, 3.63) is 62.1 Å². The van der Waals surface area contributed by atoms with Crippen LogP contribution in [0.2, 0.25) is 10.0 Å². The van der Waals surface area contributed by atoms with Crippen molar-refractivity contribution >= 4 is 40.5 Å². The van der Waals surface area contributed by atoms with E-state index in [4.69, 9.17) is 27.9 Å². The fourth-order valence-electron chi connectivity index (χ4n) is 3.15. The number of benzene rings is 2. The lowest BCUT2D eigenvalue weighted by atomic mass is 10.2. The highest BCUT2D eigenvalue weighted by molar-refractivity contribution is 6.33. The van der Waals surface area contributed by atoms with E-state index >= 15 is 0 Å². The van der Waals surface area contributed by atoms with E-state index in [0.29, 0.717) is 47.7 Å². The number of ether oxygens (including phenoxy) is 1. The first-order chi connectivity index (χ1) is 13.4. The molecule has 9 heteroatoms. The molecule has 1 aliphatic heterocycles. The number of amides is 1. The van der Waals surface area contributed by atoms with Gasteiger partial charge in [-0.3, -0.25) is 14.9 Å². The van der Waals surface area contributed by atoms with E-state index in [9.17, 15) is 14.9 Å². The van der Waals surface area contributed by atoms with Gasteiger partial charge in [-0.2, -0.15) is 0 Å². The molecular formula is C19H19Cl2N3O4. The number of anilines is 1. The molecule has 0 aromatic heterocycles. The van der Waals surface area contributed by atoms with Gasteiger partial charge in [-0.15, -0.1) is 0 Å². The molecule has 0 aliphatic carbocycles. The summed E-state index contributed by atoms with van der Waals surface area (Å²) in [7, 11) is 0. The number of carbonyl (C=O) groups is 1. The van der Waals surface area contributed by atoms with Crippen LogP contribution in [0.25, 0.3) is 0 Å². The zero-order valence-electron chi connectivity index (χ0n) is 15.2. The summed E-state index contributed by atoms with van der Waals surface area (Å²) in [5.41, 5.74) is 1.22. The summed E-state index contributed by atoms with van der Waals surface area (Å²) in [6.07, 6.45) is 0. The molecule has 0 atom stereocenters. The number of nitro groups is 1. The second-order valence-electron chi connectivity index (χ2n) is 6.43. The number of carbonyl (C=O) groups excluding carboxylic acids is 1. The van der Waals surface area contributed by atoms with E-state index in [0.717, 1.165) is 5.56 Å². The van der Waals surface area contributed by atoms with Crippen molar-refractivity contribution in [3.8, 4) is 5.75 Å². The Bertz CT molecular complexity index is 899. The van der Waals surface area contributed by atoms with E-state index in [2.05, 4.69) is 0 Å². The lowest BCUT2D eigenvalue weighted by molar-refractivity contribution is -0.384. The zero-order chi connectivity index (χ0) is 20.3. The molecule has 2 aromatic carbocycles. The number of aryl methyl sites for hydroxylation is 1. The number of piperazine rings is 1. The molecule has 3 rings (SSSR count). The van der Waals surface area contributed by atoms with Gasteiger partial charge in [-0.25, -0.2) is 0 Å². The third-order valence-corrected chi connectivity index (χ3v) is 5.14. The molecule has 0 N–H and O–H groups in total. The van der Waals surface area contributed by atoms with E-state index in [1.54, 1.807) is 35.2 Å². The molecule has 28 heavy (non-hydrogen) atoms.